The Labute approximate surface area is 223 Å². The van der Waals surface area contributed by atoms with Crippen molar-refractivity contribution in [3.63, 3.8) is 0 Å². The molecule has 1 heterocycles. The van der Waals surface area contributed by atoms with Gasteiger partial charge in [-0.1, -0.05) is 65.9 Å². The van der Waals surface area contributed by atoms with Crippen molar-refractivity contribution < 1.29 is 23.8 Å². The van der Waals surface area contributed by atoms with Gasteiger partial charge in [0.15, 0.2) is 15.8 Å². The number of carbonyl (C=O) groups is 2. The van der Waals surface area contributed by atoms with Gasteiger partial charge in [0.05, 0.1) is 29.9 Å². The molecule has 0 atom stereocenters. The van der Waals surface area contributed by atoms with E-state index in [0.29, 0.717) is 43.6 Å². The van der Waals surface area contributed by atoms with E-state index >= 15 is 0 Å². The average Bonchev–Trinajstić information content (AvgIpc) is 3.16. The van der Waals surface area contributed by atoms with Gasteiger partial charge in [-0.2, -0.15) is 0 Å². The number of hydrogen-bond donors (Lipinski definition) is 0. The van der Waals surface area contributed by atoms with Crippen LogP contribution in [0.15, 0.2) is 71.6 Å². The fourth-order valence-corrected chi connectivity index (χ4v) is 4.98. The van der Waals surface area contributed by atoms with E-state index in [1.807, 2.05) is 30.3 Å². The summed E-state index contributed by atoms with van der Waals surface area (Å²) >= 11 is 12.9. The van der Waals surface area contributed by atoms with E-state index in [1.165, 1.54) is 16.7 Å². The third-order valence-corrected chi connectivity index (χ3v) is 6.91. The predicted molar refractivity (Wildman–Crippen MR) is 147 cm³/mol. The number of ether oxygens (including phenoxy) is 3. The van der Waals surface area contributed by atoms with E-state index in [2.05, 4.69) is 0 Å². The number of thiocarbonyl (C=S) groups is 1. The monoisotopic (exact) mass is 539 g/mol. The molecule has 0 spiro atoms. The number of halogens is 1. The minimum absolute atomic E-state index is 0.264. The van der Waals surface area contributed by atoms with Crippen LogP contribution in [0.3, 0.4) is 0 Å². The number of hydrogen-bond acceptors (Lipinski definition) is 7. The van der Waals surface area contributed by atoms with E-state index in [1.54, 1.807) is 56.5 Å². The molecule has 6 nitrogen and oxygen atoms in total. The lowest BCUT2D eigenvalue weighted by Crippen LogP contribution is -2.27. The average molecular weight is 540 g/mol. The maximum atomic E-state index is 13.2. The van der Waals surface area contributed by atoms with Gasteiger partial charge in [-0.05, 0) is 55.0 Å². The summed E-state index contributed by atoms with van der Waals surface area (Å²) in [5, 5.41) is 0.628. The molecular formula is C27H22ClNO5S2. The van der Waals surface area contributed by atoms with Crippen molar-refractivity contribution in [1.82, 2.24) is 0 Å². The SMILES string of the molecule is CCOC(=O)c1cccc(N2C(=O)/C(=C/c3ccc(OCc4ccccc4Cl)c(OC)c3)SC2=S)c1. The van der Waals surface area contributed by atoms with Crippen LogP contribution in [-0.4, -0.2) is 29.9 Å². The van der Waals surface area contributed by atoms with Crippen molar-refractivity contribution in [3.8, 4) is 11.5 Å². The van der Waals surface area contributed by atoms with E-state index in [9.17, 15) is 9.59 Å². The lowest BCUT2D eigenvalue weighted by Gasteiger charge is -2.15. The van der Waals surface area contributed by atoms with Crippen molar-refractivity contribution >= 4 is 63.5 Å². The van der Waals surface area contributed by atoms with Gasteiger partial charge in [0.1, 0.15) is 6.61 Å². The smallest absolute Gasteiger partial charge is 0.338 e. The molecule has 4 rings (SSSR count). The van der Waals surface area contributed by atoms with Crippen LogP contribution in [0.4, 0.5) is 5.69 Å². The number of nitrogens with zero attached hydrogens (tertiary/aromatic N) is 1. The molecule has 1 aliphatic heterocycles. The topological polar surface area (TPSA) is 65.1 Å². The van der Waals surface area contributed by atoms with E-state index in [4.69, 9.17) is 38.0 Å². The zero-order chi connectivity index (χ0) is 25.7. The molecule has 0 unspecified atom stereocenters. The van der Waals surface area contributed by atoms with Crippen molar-refractivity contribution in [2.24, 2.45) is 0 Å². The van der Waals surface area contributed by atoms with Crippen LogP contribution in [0.25, 0.3) is 6.08 Å². The Morgan fingerprint density at radius 3 is 2.64 bits per heavy atom. The zero-order valence-electron chi connectivity index (χ0n) is 19.5. The highest BCUT2D eigenvalue weighted by Crippen LogP contribution is 2.37. The number of esters is 1. The van der Waals surface area contributed by atoms with Crippen molar-refractivity contribution in [1.29, 1.82) is 0 Å². The van der Waals surface area contributed by atoms with Gasteiger partial charge in [-0.3, -0.25) is 9.69 Å². The standard InChI is InChI=1S/C27H22ClNO5S2/c1-3-33-26(31)18-8-6-9-20(15-18)29-25(30)24(36-27(29)35)14-17-11-12-22(23(13-17)32-2)34-16-19-7-4-5-10-21(19)28/h4-15H,3,16H2,1-2H3/b24-14-. The van der Waals surface area contributed by atoms with Crippen LogP contribution in [0.2, 0.25) is 5.02 Å². The molecular weight excluding hydrogens is 518 g/mol. The van der Waals surface area contributed by atoms with Crippen molar-refractivity contribution in [2.75, 3.05) is 18.6 Å². The molecule has 1 aliphatic rings. The number of amides is 1. The number of carbonyl (C=O) groups excluding carboxylic acids is 2. The zero-order valence-corrected chi connectivity index (χ0v) is 21.9. The third kappa shape index (κ3) is 5.73. The van der Waals surface area contributed by atoms with Gasteiger partial charge in [-0.15, -0.1) is 0 Å². The summed E-state index contributed by atoms with van der Waals surface area (Å²) in [5.74, 6) is 0.347. The van der Waals surface area contributed by atoms with Crippen molar-refractivity contribution in [3.05, 3.63) is 93.3 Å². The highest BCUT2D eigenvalue weighted by molar-refractivity contribution is 8.27. The minimum Gasteiger partial charge on any atom is -0.493 e. The fraction of sp³-hybridized carbons (Fsp3) is 0.148. The van der Waals surface area contributed by atoms with Crippen LogP contribution in [0.5, 0.6) is 11.5 Å². The summed E-state index contributed by atoms with van der Waals surface area (Å²) in [7, 11) is 1.55. The lowest BCUT2D eigenvalue weighted by molar-refractivity contribution is -0.113. The molecule has 0 aliphatic carbocycles. The molecule has 1 saturated heterocycles. The summed E-state index contributed by atoms with van der Waals surface area (Å²) in [4.78, 5) is 27.2. The number of anilines is 1. The number of benzene rings is 3. The number of thioether (sulfide) groups is 1. The molecule has 3 aromatic carbocycles. The molecule has 9 heteroatoms. The Morgan fingerprint density at radius 2 is 1.89 bits per heavy atom. The summed E-state index contributed by atoms with van der Waals surface area (Å²) in [5.41, 5.74) is 2.47. The van der Waals surface area contributed by atoms with Gasteiger partial charge < -0.3 is 14.2 Å². The van der Waals surface area contributed by atoms with Gasteiger partial charge in [-0.25, -0.2) is 4.79 Å². The Morgan fingerprint density at radius 1 is 1.08 bits per heavy atom. The van der Waals surface area contributed by atoms with Crippen molar-refractivity contribution in [2.45, 2.75) is 13.5 Å². The van der Waals surface area contributed by atoms with Crippen LogP contribution < -0.4 is 14.4 Å². The first-order valence-corrected chi connectivity index (χ1v) is 12.6. The summed E-state index contributed by atoms with van der Waals surface area (Å²) in [6.07, 6.45) is 1.74. The Hall–Kier alpha value is -3.33. The maximum Gasteiger partial charge on any atom is 0.338 e. The summed E-state index contributed by atoms with van der Waals surface area (Å²) in [6, 6.07) is 19.5. The highest BCUT2D eigenvalue weighted by atomic mass is 35.5. The second kappa shape index (κ2) is 11.6. The first-order chi connectivity index (χ1) is 17.4. The van der Waals surface area contributed by atoms with Crippen LogP contribution >= 0.6 is 35.6 Å². The number of methoxy groups -OCH3 is 1. The lowest BCUT2D eigenvalue weighted by atomic mass is 10.1. The molecule has 36 heavy (non-hydrogen) atoms. The Bertz CT molecular complexity index is 1360. The summed E-state index contributed by atoms with van der Waals surface area (Å²) < 4.78 is 16.8. The second-order valence-electron chi connectivity index (χ2n) is 7.58. The molecule has 184 valence electrons. The first kappa shape index (κ1) is 25.8. The van der Waals surface area contributed by atoms with E-state index in [0.717, 1.165) is 11.1 Å². The van der Waals surface area contributed by atoms with Gasteiger partial charge in [0, 0.05) is 10.6 Å². The van der Waals surface area contributed by atoms with E-state index in [-0.39, 0.29) is 12.5 Å². The van der Waals surface area contributed by atoms with Gasteiger partial charge in [0.25, 0.3) is 5.91 Å². The molecule has 0 aromatic heterocycles. The predicted octanol–water partition coefficient (Wildman–Crippen LogP) is 6.51. The number of rotatable bonds is 8. The quantitative estimate of drug-likeness (QED) is 0.184. The maximum absolute atomic E-state index is 13.2. The molecule has 0 saturated carbocycles. The highest BCUT2D eigenvalue weighted by Gasteiger charge is 2.33. The molecule has 0 radical (unpaired) electrons. The Balaban J connectivity index is 1.53. The van der Waals surface area contributed by atoms with Gasteiger partial charge >= 0.3 is 5.97 Å². The second-order valence-corrected chi connectivity index (χ2v) is 9.66. The largest absolute Gasteiger partial charge is 0.493 e. The minimum atomic E-state index is -0.454. The fourth-order valence-electron chi connectivity index (χ4n) is 3.49. The molecule has 3 aromatic rings. The van der Waals surface area contributed by atoms with Crippen LogP contribution in [0, 0.1) is 0 Å². The van der Waals surface area contributed by atoms with E-state index < -0.39 is 5.97 Å². The molecule has 0 N–H and O–H groups in total. The summed E-state index contributed by atoms with van der Waals surface area (Å²) in [6.45, 7) is 2.29. The van der Waals surface area contributed by atoms with Crippen LogP contribution in [0.1, 0.15) is 28.4 Å². The van der Waals surface area contributed by atoms with Gasteiger partial charge in [0.2, 0.25) is 0 Å². The third-order valence-electron chi connectivity index (χ3n) is 5.24. The molecule has 1 fully saturated rings. The molecule has 1 amide bonds. The normalized spacial score (nSPS) is 14.3. The Kier molecular flexibility index (Phi) is 8.30. The van der Waals surface area contributed by atoms with Crippen LogP contribution in [-0.2, 0) is 16.1 Å². The molecule has 0 bridgehead atoms. The first-order valence-electron chi connectivity index (χ1n) is 11.0.